The van der Waals surface area contributed by atoms with E-state index in [2.05, 4.69) is 28.1 Å². The fourth-order valence-corrected chi connectivity index (χ4v) is 2.34. The Morgan fingerprint density at radius 1 is 1.47 bits per heavy atom. The van der Waals surface area contributed by atoms with Crippen LogP contribution in [0.2, 0.25) is 0 Å². The van der Waals surface area contributed by atoms with Crippen LogP contribution in [0, 0.1) is 0 Å². The molecule has 17 heavy (non-hydrogen) atoms. The van der Waals surface area contributed by atoms with Crippen molar-refractivity contribution in [3.05, 3.63) is 40.4 Å². The van der Waals surface area contributed by atoms with Gasteiger partial charge in [-0.05, 0) is 44.4 Å². The monoisotopic (exact) mass is 296 g/mol. The Morgan fingerprint density at radius 2 is 2.29 bits per heavy atom. The van der Waals surface area contributed by atoms with Gasteiger partial charge in [0.05, 0.1) is 6.10 Å². The number of halogens is 1. The zero-order chi connectivity index (χ0) is 12.3. The topological polar surface area (TPSA) is 29.5 Å². The van der Waals surface area contributed by atoms with Gasteiger partial charge in [-0.3, -0.25) is 0 Å². The molecule has 0 bridgehead atoms. The Labute approximate surface area is 110 Å². The van der Waals surface area contributed by atoms with Gasteiger partial charge in [0.1, 0.15) is 11.9 Å². The van der Waals surface area contributed by atoms with E-state index >= 15 is 0 Å². The minimum Gasteiger partial charge on any atom is -0.486 e. The molecule has 2 atom stereocenters. The van der Waals surface area contributed by atoms with E-state index in [9.17, 15) is 5.11 Å². The average Bonchev–Trinajstić information content (AvgIpc) is 2.30. The number of aliphatic hydroxyl groups excluding tert-OH is 1. The zero-order valence-corrected chi connectivity index (χ0v) is 11.5. The molecule has 92 valence electrons. The summed E-state index contributed by atoms with van der Waals surface area (Å²) in [6.07, 6.45) is 7.24. The summed E-state index contributed by atoms with van der Waals surface area (Å²) in [5, 5.41) is 9.71. The number of ether oxygens (including phenoxy) is 1. The molecule has 2 nitrogen and oxygen atoms in total. The van der Waals surface area contributed by atoms with Gasteiger partial charge in [0.15, 0.2) is 0 Å². The number of rotatable bonds is 3. The third kappa shape index (κ3) is 3.33. The van der Waals surface area contributed by atoms with Crippen molar-refractivity contribution in [2.45, 2.75) is 38.4 Å². The highest BCUT2D eigenvalue weighted by Crippen LogP contribution is 2.30. The van der Waals surface area contributed by atoms with Crippen LogP contribution in [0.5, 0.6) is 5.75 Å². The predicted molar refractivity (Wildman–Crippen MR) is 72.2 cm³/mol. The van der Waals surface area contributed by atoms with Crippen molar-refractivity contribution < 1.29 is 9.84 Å². The zero-order valence-electron chi connectivity index (χ0n) is 9.90. The molecule has 0 radical (unpaired) electrons. The van der Waals surface area contributed by atoms with E-state index < -0.39 is 6.10 Å². The molecule has 2 unspecified atom stereocenters. The van der Waals surface area contributed by atoms with Gasteiger partial charge in [-0.15, -0.1) is 0 Å². The van der Waals surface area contributed by atoms with Crippen molar-refractivity contribution in [1.82, 2.24) is 0 Å². The van der Waals surface area contributed by atoms with E-state index in [1.54, 1.807) is 6.92 Å². The summed E-state index contributed by atoms with van der Waals surface area (Å²) >= 11 is 3.43. The van der Waals surface area contributed by atoms with Crippen LogP contribution in [0.1, 0.15) is 37.9 Å². The Kier molecular flexibility index (Phi) is 4.24. The summed E-state index contributed by atoms with van der Waals surface area (Å²) in [5.74, 6) is 0.769. The highest BCUT2D eigenvalue weighted by molar-refractivity contribution is 9.10. The molecule has 0 aliphatic heterocycles. The van der Waals surface area contributed by atoms with Crippen molar-refractivity contribution in [2.24, 2.45) is 0 Å². The first-order valence-corrected chi connectivity index (χ1v) is 6.77. The van der Waals surface area contributed by atoms with Gasteiger partial charge in [0.25, 0.3) is 0 Å². The van der Waals surface area contributed by atoms with E-state index in [1.807, 2.05) is 18.2 Å². The van der Waals surface area contributed by atoms with Gasteiger partial charge < -0.3 is 9.84 Å². The van der Waals surface area contributed by atoms with Crippen LogP contribution in [0.25, 0.3) is 0 Å². The Bertz CT molecular complexity index is 413. The highest BCUT2D eigenvalue weighted by Gasteiger charge is 2.15. The second kappa shape index (κ2) is 5.69. The van der Waals surface area contributed by atoms with Crippen molar-refractivity contribution in [3.8, 4) is 5.75 Å². The molecule has 1 aliphatic carbocycles. The second-order valence-electron chi connectivity index (χ2n) is 4.37. The molecule has 0 amide bonds. The predicted octanol–water partition coefficient (Wildman–Crippen LogP) is 3.99. The fourth-order valence-electron chi connectivity index (χ4n) is 2.00. The van der Waals surface area contributed by atoms with Gasteiger partial charge in [0, 0.05) is 10.0 Å². The molecule has 0 saturated heterocycles. The molecule has 1 aromatic carbocycles. The van der Waals surface area contributed by atoms with Crippen molar-refractivity contribution in [2.75, 3.05) is 0 Å². The van der Waals surface area contributed by atoms with Gasteiger partial charge in [-0.1, -0.05) is 28.1 Å². The van der Waals surface area contributed by atoms with Crippen molar-refractivity contribution in [3.63, 3.8) is 0 Å². The van der Waals surface area contributed by atoms with E-state index in [1.165, 1.54) is 6.42 Å². The third-order valence-corrected chi connectivity index (χ3v) is 3.41. The number of hydrogen-bond donors (Lipinski definition) is 1. The lowest BCUT2D eigenvalue weighted by Gasteiger charge is -2.21. The van der Waals surface area contributed by atoms with Crippen LogP contribution >= 0.6 is 15.9 Å². The summed E-state index contributed by atoms with van der Waals surface area (Å²) in [4.78, 5) is 0. The lowest BCUT2D eigenvalue weighted by atomic mass is 10.0. The maximum Gasteiger partial charge on any atom is 0.127 e. The van der Waals surface area contributed by atoms with Gasteiger partial charge in [0.2, 0.25) is 0 Å². The first-order chi connectivity index (χ1) is 8.16. The summed E-state index contributed by atoms with van der Waals surface area (Å²) in [7, 11) is 0. The molecule has 1 aliphatic rings. The average molecular weight is 297 g/mol. The van der Waals surface area contributed by atoms with Crippen molar-refractivity contribution in [1.29, 1.82) is 0 Å². The fraction of sp³-hybridized carbons (Fsp3) is 0.429. The van der Waals surface area contributed by atoms with E-state index in [0.29, 0.717) is 0 Å². The first-order valence-electron chi connectivity index (χ1n) is 5.97. The number of hydrogen-bond acceptors (Lipinski definition) is 2. The molecule has 1 N–H and O–H groups in total. The molecule has 1 aromatic rings. The van der Waals surface area contributed by atoms with Crippen LogP contribution in [0.3, 0.4) is 0 Å². The highest BCUT2D eigenvalue weighted by atomic mass is 79.9. The molecule has 0 heterocycles. The molecule has 0 fully saturated rings. The molecular formula is C14H17BrO2. The molecule has 0 saturated carbocycles. The van der Waals surface area contributed by atoms with Gasteiger partial charge in [-0.25, -0.2) is 0 Å². The van der Waals surface area contributed by atoms with Gasteiger partial charge >= 0.3 is 0 Å². The lowest BCUT2D eigenvalue weighted by molar-refractivity contribution is 0.180. The molecule has 0 spiro atoms. The number of benzene rings is 1. The maximum absolute atomic E-state index is 9.71. The van der Waals surface area contributed by atoms with Crippen LogP contribution in [0.15, 0.2) is 34.8 Å². The summed E-state index contributed by atoms with van der Waals surface area (Å²) in [6.45, 7) is 1.76. The molecular weight excluding hydrogens is 280 g/mol. The lowest BCUT2D eigenvalue weighted by Crippen LogP contribution is -2.16. The maximum atomic E-state index is 9.71. The van der Waals surface area contributed by atoms with Crippen LogP contribution in [-0.4, -0.2) is 11.2 Å². The molecule has 3 heteroatoms. The largest absolute Gasteiger partial charge is 0.486 e. The van der Waals surface area contributed by atoms with Gasteiger partial charge in [-0.2, -0.15) is 0 Å². The summed E-state index contributed by atoms with van der Waals surface area (Å²) in [6, 6.07) is 5.74. The first kappa shape index (κ1) is 12.7. The standard InChI is InChI=1S/C14H17BrO2/c1-10(16)13-8-7-11(15)9-14(13)17-12-5-3-2-4-6-12/h3,5,7-10,12,16H,2,4,6H2,1H3. The normalized spacial score (nSPS) is 21.2. The molecule has 0 aromatic heterocycles. The Hall–Kier alpha value is -0.800. The van der Waals surface area contributed by atoms with Crippen LogP contribution < -0.4 is 4.74 Å². The Balaban J connectivity index is 2.20. The second-order valence-corrected chi connectivity index (χ2v) is 5.29. The minimum absolute atomic E-state index is 0.135. The van der Waals surface area contributed by atoms with Crippen LogP contribution in [0.4, 0.5) is 0 Å². The van der Waals surface area contributed by atoms with E-state index in [4.69, 9.17) is 4.74 Å². The van der Waals surface area contributed by atoms with Crippen LogP contribution in [-0.2, 0) is 0 Å². The molecule has 2 rings (SSSR count). The van der Waals surface area contributed by atoms with E-state index in [0.717, 1.165) is 28.6 Å². The summed E-state index contributed by atoms with van der Waals surface area (Å²) in [5.41, 5.74) is 0.840. The summed E-state index contributed by atoms with van der Waals surface area (Å²) < 4.78 is 6.92. The third-order valence-electron chi connectivity index (χ3n) is 2.91. The number of aliphatic hydroxyl groups is 1. The van der Waals surface area contributed by atoms with E-state index in [-0.39, 0.29) is 6.10 Å². The number of allylic oxidation sites excluding steroid dienone is 1. The smallest absolute Gasteiger partial charge is 0.127 e. The quantitative estimate of drug-likeness (QED) is 0.855. The SMILES string of the molecule is CC(O)c1ccc(Br)cc1OC1C=CCCC1. The van der Waals surface area contributed by atoms with Crippen molar-refractivity contribution >= 4 is 15.9 Å². The minimum atomic E-state index is -0.509. The Morgan fingerprint density at radius 3 is 2.94 bits per heavy atom.